The van der Waals surface area contributed by atoms with Crippen molar-refractivity contribution in [1.29, 1.82) is 0 Å². The summed E-state index contributed by atoms with van der Waals surface area (Å²) in [6.45, 7) is 3.60. The summed E-state index contributed by atoms with van der Waals surface area (Å²) in [4.78, 5) is 24.6. The van der Waals surface area contributed by atoms with Gasteiger partial charge in [0.1, 0.15) is 12.4 Å². The van der Waals surface area contributed by atoms with E-state index < -0.39 is 18.1 Å². The van der Waals surface area contributed by atoms with Crippen LogP contribution in [0.5, 0.6) is 5.75 Å². The Hall–Kier alpha value is -2.08. The minimum atomic E-state index is -1.09. The Kier molecular flexibility index (Phi) is 4.47. The van der Waals surface area contributed by atoms with E-state index in [4.69, 9.17) is 9.47 Å². The van der Waals surface area contributed by atoms with Gasteiger partial charge in [-0.3, -0.25) is 4.79 Å². The van der Waals surface area contributed by atoms with E-state index in [2.05, 4.69) is 0 Å². The second kappa shape index (κ2) is 6.13. The molecule has 2 rings (SSSR count). The number of carboxylic acid groups (broad SMARTS) is 1. The SMILES string of the molecule is CC(C)Oc1cccc(C2C(C(=O)O)OCC(=O)N2C)c1. The van der Waals surface area contributed by atoms with Crippen LogP contribution in [-0.2, 0) is 14.3 Å². The van der Waals surface area contributed by atoms with Crippen LogP contribution in [0.4, 0.5) is 0 Å². The maximum Gasteiger partial charge on any atom is 0.335 e. The maximum atomic E-state index is 11.8. The average Bonchev–Trinajstić information content (AvgIpc) is 2.40. The highest BCUT2D eigenvalue weighted by Gasteiger charge is 2.40. The smallest absolute Gasteiger partial charge is 0.335 e. The number of likely N-dealkylation sites (N-methyl/N-ethyl adjacent to an activating group) is 1. The van der Waals surface area contributed by atoms with Crippen molar-refractivity contribution in [2.75, 3.05) is 13.7 Å². The summed E-state index contributed by atoms with van der Waals surface area (Å²) in [6, 6.07) is 6.43. The quantitative estimate of drug-likeness (QED) is 0.909. The number of aliphatic carboxylic acids is 1. The summed E-state index contributed by atoms with van der Waals surface area (Å²) in [5, 5.41) is 9.29. The molecule has 1 aliphatic rings. The molecule has 1 fully saturated rings. The van der Waals surface area contributed by atoms with Crippen molar-refractivity contribution >= 4 is 11.9 Å². The third kappa shape index (κ3) is 3.33. The Morgan fingerprint density at radius 1 is 1.48 bits per heavy atom. The van der Waals surface area contributed by atoms with Crippen LogP contribution in [0.1, 0.15) is 25.5 Å². The van der Waals surface area contributed by atoms with Gasteiger partial charge < -0.3 is 19.5 Å². The van der Waals surface area contributed by atoms with Gasteiger partial charge in [0.2, 0.25) is 5.91 Å². The number of hydrogen-bond donors (Lipinski definition) is 1. The van der Waals surface area contributed by atoms with E-state index in [1.165, 1.54) is 4.90 Å². The van der Waals surface area contributed by atoms with Crippen LogP contribution in [0, 0.1) is 0 Å². The molecule has 0 saturated carbocycles. The topological polar surface area (TPSA) is 76.1 Å². The van der Waals surface area contributed by atoms with E-state index in [0.29, 0.717) is 11.3 Å². The van der Waals surface area contributed by atoms with Gasteiger partial charge in [0.15, 0.2) is 6.10 Å². The van der Waals surface area contributed by atoms with Gasteiger partial charge in [-0.25, -0.2) is 4.79 Å². The number of amides is 1. The van der Waals surface area contributed by atoms with Crippen molar-refractivity contribution in [3.05, 3.63) is 29.8 Å². The molecule has 0 bridgehead atoms. The van der Waals surface area contributed by atoms with E-state index in [-0.39, 0.29) is 18.6 Å². The highest BCUT2D eigenvalue weighted by molar-refractivity contribution is 5.82. The predicted octanol–water partition coefficient (Wildman–Crippen LogP) is 1.46. The van der Waals surface area contributed by atoms with Gasteiger partial charge in [0, 0.05) is 7.05 Å². The molecule has 114 valence electrons. The Bertz CT molecular complexity index is 543. The molecule has 1 N–H and O–H groups in total. The molecule has 0 aliphatic carbocycles. The summed E-state index contributed by atoms with van der Waals surface area (Å²) in [5.41, 5.74) is 0.677. The predicted molar refractivity (Wildman–Crippen MR) is 75.1 cm³/mol. The number of ether oxygens (including phenoxy) is 2. The second-order valence-corrected chi connectivity index (χ2v) is 5.26. The number of carbonyl (C=O) groups excluding carboxylic acids is 1. The summed E-state index contributed by atoms with van der Waals surface area (Å²) in [5.74, 6) is -0.694. The van der Waals surface area contributed by atoms with Gasteiger partial charge in [-0.1, -0.05) is 12.1 Å². The molecule has 1 heterocycles. The molecule has 1 saturated heterocycles. The van der Waals surface area contributed by atoms with E-state index >= 15 is 0 Å². The van der Waals surface area contributed by atoms with Crippen molar-refractivity contribution in [2.24, 2.45) is 0 Å². The molecular formula is C15H19NO5. The van der Waals surface area contributed by atoms with Gasteiger partial charge in [0.25, 0.3) is 0 Å². The fourth-order valence-electron chi connectivity index (χ4n) is 2.36. The molecular weight excluding hydrogens is 274 g/mol. The molecule has 21 heavy (non-hydrogen) atoms. The zero-order valence-corrected chi connectivity index (χ0v) is 12.3. The number of carbonyl (C=O) groups is 2. The summed E-state index contributed by atoms with van der Waals surface area (Å²) in [7, 11) is 1.58. The minimum Gasteiger partial charge on any atom is -0.491 e. The Morgan fingerprint density at radius 3 is 2.81 bits per heavy atom. The molecule has 0 spiro atoms. The Labute approximate surface area is 123 Å². The second-order valence-electron chi connectivity index (χ2n) is 5.26. The van der Waals surface area contributed by atoms with Gasteiger partial charge in [-0.05, 0) is 31.5 Å². The lowest BCUT2D eigenvalue weighted by atomic mass is 9.98. The Balaban J connectivity index is 2.35. The molecule has 2 unspecified atom stereocenters. The van der Waals surface area contributed by atoms with Gasteiger partial charge in [-0.2, -0.15) is 0 Å². The molecule has 2 atom stereocenters. The first-order chi connectivity index (χ1) is 9.90. The number of morpholine rings is 1. The van der Waals surface area contributed by atoms with Crippen molar-refractivity contribution in [2.45, 2.75) is 32.1 Å². The fourth-order valence-corrected chi connectivity index (χ4v) is 2.36. The summed E-state index contributed by atoms with van der Waals surface area (Å²) in [6.07, 6.45) is -1.07. The van der Waals surface area contributed by atoms with Gasteiger partial charge in [0.05, 0.1) is 12.1 Å². The normalized spacial score (nSPS) is 22.5. The van der Waals surface area contributed by atoms with Crippen molar-refractivity contribution in [3.8, 4) is 5.75 Å². The lowest BCUT2D eigenvalue weighted by Gasteiger charge is -2.37. The highest BCUT2D eigenvalue weighted by atomic mass is 16.5. The first-order valence-corrected chi connectivity index (χ1v) is 6.77. The third-order valence-electron chi connectivity index (χ3n) is 3.30. The number of hydrogen-bond acceptors (Lipinski definition) is 4. The number of nitrogens with zero attached hydrogens (tertiary/aromatic N) is 1. The summed E-state index contributed by atoms with van der Waals surface area (Å²) < 4.78 is 10.8. The molecule has 1 aromatic carbocycles. The number of benzene rings is 1. The summed E-state index contributed by atoms with van der Waals surface area (Å²) >= 11 is 0. The molecule has 1 aromatic rings. The lowest BCUT2D eigenvalue weighted by molar-refractivity contribution is -0.171. The minimum absolute atomic E-state index is 0.0116. The number of carboxylic acids is 1. The van der Waals surface area contributed by atoms with E-state index in [0.717, 1.165) is 0 Å². The monoisotopic (exact) mass is 293 g/mol. The van der Waals surface area contributed by atoms with Crippen LogP contribution in [-0.4, -0.2) is 47.7 Å². The maximum absolute atomic E-state index is 11.8. The zero-order chi connectivity index (χ0) is 15.6. The Morgan fingerprint density at radius 2 is 2.19 bits per heavy atom. The molecule has 0 radical (unpaired) electrons. The van der Waals surface area contributed by atoms with E-state index in [9.17, 15) is 14.7 Å². The first-order valence-electron chi connectivity index (χ1n) is 6.77. The van der Waals surface area contributed by atoms with Crippen LogP contribution >= 0.6 is 0 Å². The third-order valence-corrected chi connectivity index (χ3v) is 3.30. The van der Waals surface area contributed by atoms with Crippen molar-refractivity contribution < 1.29 is 24.2 Å². The molecule has 1 aliphatic heterocycles. The van der Waals surface area contributed by atoms with Crippen molar-refractivity contribution in [1.82, 2.24) is 4.90 Å². The standard InChI is InChI=1S/C15H19NO5/c1-9(2)21-11-6-4-5-10(7-11)13-14(15(18)19)20-8-12(17)16(13)3/h4-7,9,13-14H,8H2,1-3H3,(H,18,19). The average molecular weight is 293 g/mol. The largest absolute Gasteiger partial charge is 0.491 e. The van der Waals surface area contributed by atoms with Crippen LogP contribution in [0.2, 0.25) is 0 Å². The van der Waals surface area contributed by atoms with Crippen LogP contribution in [0.3, 0.4) is 0 Å². The molecule has 6 nitrogen and oxygen atoms in total. The van der Waals surface area contributed by atoms with Gasteiger partial charge in [-0.15, -0.1) is 0 Å². The molecule has 6 heteroatoms. The zero-order valence-electron chi connectivity index (χ0n) is 12.3. The number of rotatable bonds is 4. The van der Waals surface area contributed by atoms with Crippen LogP contribution in [0.15, 0.2) is 24.3 Å². The van der Waals surface area contributed by atoms with E-state index in [1.54, 1.807) is 31.3 Å². The molecule has 1 amide bonds. The van der Waals surface area contributed by atoms with Crippen LogP contribution in [0.25, 0.3) is 0 Å². The van der Waals surface area contributed by atoms with Crippen LogP contribution < -0.4 is 4.74 Å². The highest BCUT2D eigenvalue weighted by Crippen LogP contribution is 2.31. The lowest BCUT2D eigenvalue weighted by Crippen LogP contribution is -2.50. The first kappa shape index (κ1) is 15.3. The fraction of sp³-hybridized carbons (Fsp3) is 0.467. The van der Waals surface area contributed by atoms with Crippen molar-refractivity contribution in [3.63, 3.8) is 0 Å². The van der Waals surface area contributed by atoms with E-state index in [1.807, 2.05) is 13.8 Å². The van der Waals surface area contributed by atoms with Gasteiger partial charge >= 0.3 is 5.97 Å². The molecule has 0 aromatic heterocycles.